The van der Waals surface area contributed by atoms with Crippen molar-refractivity contribution in [2.45, 2.75) is 52.0 Å². The summed E-state index contributed by atoms with van der Waals surface area (Å²) in [4.78, 5) is 14.3. The van der Waals surface area contributed by atoms with Crippen molar-refractivity contribution in [1.29, 1.82) is 0 Å². The van der Waals surface area contributed by atoms with Gasteiger partial charge in [-0.05, 0) is 37.7 Å². The molecule has 4 aromatic heterocycles. The van der Waals surface area contributed by atoms with E-state index in [0.29, 0.717) is 17.4 Å². The molecule has 10 heteroatoms. The van der Waals surface area contributed by atoms with Gasteiger partial charge in [0.05, 0.1) is 24.7 Å². The Morgan fingerprint density at radius 3 is 2.81 bits per heavy atom. The third-order valence-electron chi connectivity index (χ3n) is 7.66. The molecule has 6 rings (SSSR count). The molecule has 1 atom stereocenters. The fourth-order valence-electron chi connectivity index (χ4n) is 5.55. The van der Waals surface area contributed by atoms with Crippen LogP contribution in [0.3, 0.4) is 0 Å². The SMILES string of the molecule is COc1cc(-c2n[nH]c(-c3ncc(N4CCN(CC5CCC5)C[C@H]4C)s3)c2C(C)C)cn2ncnc12. The Hall–Kier alpha value is -2.98. The molecule has 0 unspecified atom stereocenters. The van der Waals surface area contributed by atoms with Crippen molar-refractivity contribution in [3.05, 3.63) is 30.4 Å². The lowest BCUT2D eigenvalue weighted by Gasteiger charge is -2.42. The molecule has 4 aromatic rings. The molecule has 190 valence electrons. The summed E-state index contributed by atoms with van der Waals surface area (Å²) in [5.41, 5.74) is 4.66. The maximum absolute atomic E-state index is 5.58. The first kappa shape index (κ1) is 23.4. The molecular formula is C26H34N8OS. The van der Waals surface area contributed by atoms with Crippen LogP contribution in [0.5, 0.6) is 5.75 Å². The summed E-state index contributed by atoms with van der Waals surface area (Å²) < 4.78 is 7.31. The second kappa shape index (κ2) is 9.48. The number of rotatable bonds is 7. The standard InChI is InChI=1S/C26H34N8OS/c1-16(2)22-23(19-10-20(35-4)25-28-15-29-34(25)14-19)30-31-24(22)26-27-11-21(36-26)33-9-8-32(12-17(33)3)13-18-6-5-7-18/h10-11,14-18H,5-9,12-13H2,1-4H3,(H,30,31)/t17-/m1/s1. The molecule has 0 radical (unpaired) electrons. The number of aromatic nitrogens is 6. The molecule has 1 saturated carbocycles. The fourth-order valence-corrected chi connectivity index (χ4v) is 6.61. The molecule has 0 bridgehead atoms. The molecule has 9 nitrogen and oxygen atoms in total. The number of aromatic amines is 1. The number of thiazole rings is 1. The number of methoxy groups -OCH3 is 1. The Kier molecular flexibility index (Phi) is 6.17. The maximum Gasteiger partial charge on any atom is 0.197 e. The van der Waals surface area contributed by atoms with Crippen molar-refractivity contribution in [2.24, 2.45) is 5.92 Å². The van der Waals surface area contributed by atoms with Gasteiger partial charge in [0.1, 0.15) is 16.3 Å². The summed E-state index contributed by atoms with van der Waals surface area (Å²) >= 11 is 1.75. The first-order chi connectivity index (χ1) is 17.5. The van der Waals surface area contributed by atoms with E-state index in [1.165, 1.54) is 37.1 Å². The van der Waals surface area contributed by atoms with Gasteiger partial charge in [-0.15, -0.1) is 0 Å². The van der Waals surface area contributed by atoms with E-state index in [1.807, 2.05) is 18.5 Å². The predicted molar refractivity (Wildman–Crippen MR) is 143 cm³/mol. The number of fused-ring (bicyclic) bond motifs is 1. The average Bonchev–Trinajstić information content (AvgIpc) is 3.59. The minimum absolute atomic E-state index is 0.257. The molecular weight excluding hydrogens is 472 g/mol. The summed E-state index contributed by atoms with van der Waals surface area (Å²) in [6, 6.07) is 2.46. The van der Waals surface area contributed by atoms with Crippen LogP contribution in [0.4, 0.5) is 5.00 Å². The number of ether oxygens (including phenoxy) is 1. The number of pyridine rings is 1. The second-order valence-electron chi connectivity index (χ2n) is 10.4. The van der Waals surface area contributed by atoms with E-state index in [1.54, 1.807) is 23.0 Å². The highest BCUT2D eigenvalue weighted by atomic mass is 32.1. The molecule has 5 heterocycles. The van der Waals surface area contributed by atoms with Gasteiger partial charge in [-0.3, -0.25) is 10.00 Å². The number of anilines is 1. The number of nitrogens with zero attached hydrogens (tertiary/aromatic N) is 7. The summed E-state index contributed by atoms with van der Waals surface area (Å²) in [5.74, 6) is 1.85. The molecule has 2 fully saturated rings. The Morgan fingerprint density at radius 1 is 1.22 bits per heavy atom. The number of hydrogen-bond acceptors (Lipinski definition) is 8. The number of H-pyrrole nitrogens is 1. The van der Waals surface area contributed by atoms with Gasteiger partial charge in [-0.1, -0.05) is 31.6 Å². The number of piperazine rings is 1. The fraction of sp³-hybridized carbons (Fsp3) is 0.538. The molecule has 0 spiro atoms. The summed E-state index contributed by atoms with van der Waals surface area (Å²) in [5, 5.41) is 14.6. The molecule has 1 aliphatic carbocycles. The number of nitrogens with one attached hydrogen (secondary N) is 1. The van der Waals surface area contributed by atoms with Gasteiger partial charge in [0.2, 0.25) is 0 Å². The predicted octanol–water partition coefficient (Wildman–Crippen LogP) is 4.69. The molecule has 0 aromatic carbocycles. The maximum atomic E-state index is 5.58. The van der Waals surface area contributed by atoms with Gasteiger partial charge in [0.15, 0.2) is 11.4 Å². The molecule has 1 aliphatic heterocycles. The monoisotopic (exact) mass is 506 g/mol. The van der Waals surface area contributed by atoms with Crippen LogP contribution in [0, 0.1) is 5.92 Å². The highest BCUT2D eigenvalue weighted by Crippen LogP contribution is 2.40. The lowest BCUT2D eigenvalue weighted by Crippen LogP contribution is -2.53. The average molecular weight is 507 g/mol. The normalized spacial score (nSPS) is 19.4. The van der Waals surface area contributed by atoms with Crippen LogP contribution in [0.2, 0.25) is 0 Å². The van der Waals surface area contributed by atoms with Crippen LogP contribution in [-0.2, 0) is 0 Å². The summed E-state index contributed by atoms with van der Waals surface area (Å²) in [6.45, 7) is 11.3. The van der Waals surface area contributed by atoms with Crippen molar-refractivity contribution in [3.63, 3.8) is 0 Å². The molecule has 1 N–H and O–H groups in total. The van der Waals surface area contributed by atoms with Gasteiger partial charge in [0, 0.05) is 49.5 Å². The Balaban J connectivity index is 1.27. The van der Waals surface area contributed by atoms with E-state index < -0.39 is 0 Å². The Bertz CT molecular complexity index is 1350. The van der Waals surface area contributed by atoms with E-state index in [0.717, 1.165) is 53.1 Å². The van der Waals surface area contributed by atoms with Crippen LogP contribution in [0.25, 0.3) is 27.6 Å². The van der Waals surface area contributed by atoms with E-state index in [9.17, 15) is 0 Å². The summed E-state index contributed by atoms with van der Waals surface area (Å²) in [6.07, 6.45) is 9.77. The van der Waals surface area contributed by atoms with Crippen LogP contribution in [0.15, 0.2) is 24.8 Å². The topological polar surface area (TPSA) is 87.5 Å². The van der Waals surface area contributed by atoms with Gasteiger partial charge in [-0.25, -0.2) is 14.5 Å². The zero-order valence-electron chi connectivity index (χ0n) is 21.4. The molecule has 2 aliphatic rings. The molecule has 1 saturated heterocycles. The molecule has 0 amide bonds. The van der Waals surface area contributed by atoms with Crippen molar-refractivity contribution in [1.82, 2.24) is 34.7 Å². The van der Waals surface area contributed by atoms with Crippen molar-refractivity contribution >= 4 is 22.0 Å². The van der Waals surface area contributed by atoms with Crippen LogP contribution in [-0.4, -0.2) is 74.0 Å². The van der Waals surface area contributed by atoms with Gasteiger partial charge < -0.3 is 9.64 Å². The minimum Gasteiger partial charge on any atom is -0.493 e. The van der Waals surface area contributed by atoms with E-state index in [2.05, 4.69) is 45.8 Å². The first-order valence-electron chi connectivity index (χ1n) is 12.9. The van der Waals surface area contributed by atoms with Crippen LogP contribution in [0.1, 0.15) is 51.5 Å². The minimum atomic E-state index is 0.257. The van der Waals surface area contributed by atoms with Crippen molar-refractivity contribution in [2.75, 3.05) is 38.2 Å². The van der Waals surface area contributed by atoms with Gasteiger partial charge in [0.25, 0.3) is 0 Å². The van der Waals surface area contributed by atoms with E-state index in [4.69, 9.17) is 14.8 Å². The summed E-state index contributed by atoms with van der Waals surface area (Å²) in [7, 11) is 1.65. The lowest BCUT2D eigenvalue weighted by atomic mass is 9.85. The van der Waals surface area contributed by atoms with Crippen LogP contribution < -0.4 is 9.64 Å². The Labute approximate surface area is 215 Å². The van der Waals surface area contributed by atoms with Gasteiger partial charge >= 0.3 is 0 Å². The third-order valence-corrected chi connectivity index (χ3v) is 8.71. The quantitative estimate of drug-likeness (QED) is 0.389. The Morgan fingerprint density at radius 2 is 2.08 bits per heavy atom. The third kappa shape index (κ3) is 4.16. The van der Waals surface area contributed by atoms with Gasteiger partial charge in [-0.2, -0.15) is 10.2 Å². The van der Waals surface area contributed by atoms with Crippen molar-refractivity contribution in [3.8, 4) is 27.7 Å². The first-order valence-corrected chi connectivity index (χ1v) is 13.7. The zero-order chi connectivity index (χ0) is 24.8. The van der Waals surface area contributed by atoms with Crippen LogP contribution >= 0.6 is 11.3 Å². The largest absolute Gasteiger partial charge is 0.493 e. The van der Waals surface area contributed by atoms with E-state index in [-0.39, 0.29) is 5.92 Å². The van der Waals surface area contributed by atoms with E-state index >= 15 is 0 Å². The smallest absolute Gasteiger partial charge is 0.197 e. The van der Waals surface area contributed by atoms with Crippen molar-refractivity contribution < 1.29 is 4.74 Å². The molecule has 36 heavy (non-hydrogen) atoms. The zero-order valence-corrected chi connectivity index (χ0v) is 22.3. The second-order valence-corrected chi connectivity index (χ2v) is 11.5. The lowest BCUT2D eigenvalue weighted by molar-refractivity contribution is 0.156. The highest BCUT2D eigenvalue weighted by molar-refractivity contribution is 7.18. The highest BCUT2D eigenvalue weighted by Gasteiger charge is 2.29. The number of hydrogen-bond donors (Lipinski definition) is 1.